The van der Waals surface area contributed by atoms with Gasteiger partial charge >= 0.3 is 0 Å². The summed E-state index contributed by atoms with van der Waals surface area (Å²) in [4.78, 5) is 2.50. The summed E-state index contributed by atoms with van der Waals surface area (Å²) < 4.78 is 0.481. The van der Waals surface area contributed by atoms with Gasteiger partial charge in [-0.15, -0.1) is 10.2 Å². The maximum Gasteiger partial charge on any atom is 0.151 e. The number of nitrogens with one attached hydrogen (secondary N) is 1. The highest BCUT2D eigenvalue weighted by Crippen LogP contribution is 2.26. The molecule has 4 nitrogen and oxygen atoms in total. The Bertz CT molecular complexity index is 636. The van der Waals surface area contributed by atoms with Crippen LogP contribution in [0.1, 0.15) is 18.4 Å². The van der Waals surface area contributed by atoms with Crippen LogP contribution in [0.15, 0.2) is 36.4 Å². The fourth-order valence-electron chi connectivity index (χ4n) is 2.70. The fraction of sp³-hybridized carbons (Fsp3) is 0.375. The first-order chi connectivity index (χ1) is 11.1. The van der Waals surface area contributed by atoms with Crippen LogP contribution in [0.4, 0.5) is 5.82 Å². The first kappa shape index (κ1) is 17.2. The van der Waals surface area contributed by atoms with Crippen LogP contribution in [0.3, 0.4) is 0 Å². The molecular weight excluding hydrogens is 446 g/mol. The third-order valence-electron chi connectivity index (χ3n) is 3.92. The van der Waals surface area contributed by atoms with Gasteiger partial charge in [0.15, 0.2) is 5.15 Å². The van der Waals surface area contributed by atoms with Crippen molar-refractivity contribution >= 4 is 51.6 Å². The smallest absolute Gasteiger partial charge is 0.151 e. The van der Waals surface area contributed by atoms with Gasteiger partial charge in [0, 0.05) is 24.2 Å². The van der Waals surface area contributed by atoms with Crippen molar-refractivity contribution in [1.29, 1.82) is 0 Å². The third-order valence-corrected chi connectivity index (χ3v) is 5.67. The van der Waals surface area contributed by atoms with Gasteiger partial charge in [-0.2, -0.15) is 0 Å². The van der Waals surface area contributed by atoms with Gasteiger partial charge in [0.2, 0.25) is 0 Å². The van der Waals surface area contributed by atoms with E-state index < -0.39 is 0 Å². The monoisotopic (exact) mass is 462 g/mol. The Morgan fingerprint density at radius 2 is 1.91 bits per heavy atom. The molecule has 0 bridgehead atoms. The Balaban J connectivity index is 1.54. The lowest BCUT2D eigenvalue weighted by molar-refractivity contribution is 0.199. The molecule has 1 aliphatic rings. The Kier molecular flexibility index (Phi) is 5.96. The van der Waals surface area contributed by atoms with Crippen molar-refractivity contribution in [2.45, 2.75) is 29.5 Å². The summed E-state index contributed by atoms with van der Waals surface area (Å²) in [6.45, 7) is 2.01. The zero-order chi connectivity index (χ0) is 16.2. The minimum absolute atomic E-state index is 0.411. The second kappa shape index (κ2) is 7.96. The Hall–Kier alpha value is -0.630. The van der Waals surface area contributed by atoms with Gasteiger partial charge in [0.1, 0.15) is 5.82 Å². The maximum absolute atomic E-state index is 5.95. The zero-order valence-corrected chi connectivity index (χ0v) is 16.1. The van der Waals surface area contributed by atoms with Crippen LogP contribution in [0, 0.1) is 0 Å². The molecule has 1 aliphatic heterocycles. The quantitative estimate of drug-likeness (QED) is 0.409. The lowest BCUT2D eigenvalue weighted by Gasteiger charge is -2.37. The average Bonchev–Trinajstić information content (AvgIpc) is 2.54. The molecule has 1 aromatic heterocycles. The number of anilines is 1. The van der Waals surface area contributed by atoms with Gasteiger partial charge in [-0.05, 0) is 42.7 Å². The molecule has 23 heavy (non-hydrogen) atoms. The predicted octanol–water partition coefficient (Wildman–Crippen LogP) is 4.62. The van der Waals surface area contributed by atoms with Crippen molar-refractivity contribution in [3.05, 3.63) is 52.1 Å². The van der Waals surface area contributed by atoms with Crippen LogP contribution in [-0.2, 0) is 6.54 Å². The summed E-state index contributed by atoms with van der Waals surface area (Å²) in [7, 11) is 0. The van der Waals surface area contributed by atoms with Crippen LogP contribution in [0.2, 0.25) is 10.2 Å². The molecule has 1 saturated heterocycles. The van der Waals surface area contributed by atoms with Gasteiger partial charge in [-0.3, -0.25) is 4.90 Å². The molecule has 0 amide bonds. The number of nitrogens with zero attached hydrogens (tertiary/aromatic N) is 3. The molecule has 3 rings (SSSR count). The maximum atomic E-state index is 5.95. The van der Waals surface area contributed by atoms with E-state index >= 15 is 0 Å². The number of halogens is 3. The van der Waals surface area contributed by atoms with Crippen LogP contribution in [0.5, 0.6) is 0 Å². The van der Waals surface area contributed by atoms with Crippen molar-refractivity contribution in [2.75, 3.05) is 11.9 Å². The van der Waals surface area contributed by atoms with E-state index in [0.29, 0.717) is 15.2 Å². The summed E-state index contributed by atoms with van der Waals surface area (Å²) in [5.74, 6) is 0.786. The topological polar surface area (TPSA) is 41.0 Å². The summed E-state index contributed by atoms with van der Waals surface area (Å²) in [6.07, 6.45) is 2.15. The van der Waals surface area contributed by atoms with E-state index in [1.165, 1.54) is 5.56 Å². The highest BCUT2D eigenvalue weighted by molar-refractivity contribution is 14.1. The SMILES string of the molecule is Clc1ccc(CN2CCC(Nc3ccc(Cl)nn3)CC2I)cc1. The highest BCUT2D eigenvalue weighted by Gasteiger charge is 2.26. The molecule has 2 aromatic rings. The van der Waals surface area contributed by atoms with Crippen LogP contribution in [0.25, 0.3) is 0 Å². The normalized spacial score (nSPS) is 22.0. The number of benzene rings is 1. The van der Waals surface area contributed by atoms with E-state index in [-0.39, 0.29) is 0 Å². The lowest BCUT2D eigenvalue weighted by Crippen LogP contribution is -2.43. The van der Waals surface area contributed by atoms with Gasteiger partial charge in [-0.25, -0.2) is 0 Å². The molecule has 122 valence electrons. The van der Waals surface area contributed by atoms with Crippen molar-refractivity contribution in [1.82, 2.24) is 15.1 Å². The molecule has 1 aromatic carbocycles. The fourth-order valence-corrected chi connectivity index (χ4v) is 4.02. The van der Waals surface area contributed by atoms with E-state index in [2.05, 4.69) is 55.1 Å². The summed E-state index contributed by atoms with van der Waals surface area (Å²) in [6, 6.07) is 12.1. The molecule has 0 saturated carbocycles. The van der Waals surface area contributed by atoms with Crippen LogP contribution < -0.4 is 5.32 Å². The lowest BCUT2D eigenvalue weighted by atomic mass is 10.0. The van der Waals surface area contributed by atoms with E-state index in [0.717, 1.165) is 36.8 Å². The molecular formula is C16H17Cl2IN4. The van der Waals surface area contributed by atoms with Gasteiger partial charge in [0.25, 0.3) is 0 Å². The molecule has 0 aliphatic carbocycles. The van der Waals surface area contributed by atoms with Crippen molar-refractivity contribution < 1.29 is 0 Å². The minimum atomic E-state index is 0.411. The summed E-state index contributed by atoms with van der Waals surface area (Å²) in [5.41, 5.74) is 1.30. The number of piperidine rings is 1. The number of likely N-dealkylation sites (tertiary alicyclic amines) is 1. The minimum Gasteiger partial charge on any atom is -0.366 e. The van der Waals surface area contributed by atoms with Crippen molar-refractivity contribution in [3.63, 3.8) is 0 Å². The zero-order valence-electron chi connectivity index (χ0n) is 12.4. The highest BCUT2D eigenvalue weighted by atomic mass is 127. The molecule has 2 unspecified atom stereocenters. The molecule has 1 N–H and O–H groups in total. The molecule has 7 heteroatoms. The van der Waals surface area contributed by atoms with Crippen LogP contribution in [-0.4, -0.2) is 31.7 Å². The second-order valence-electron chi connectivity index (χ2n) is 5.64. The van der Waals surface area contributed by atoms with E-state index in [1.807, 2.05) is 18.2 Å². The number of aromatic nitrogens is 2. The second-order valence-corrected chi connectivity index (χ2v) is 7.90. The van der Waals surface area contributed by atoms with Gasteiger partial charge in [-0.1, -0.05) is 57.9 Å². The standard InChI is InChI=1S/C16H17Cl2IN4/c17-12-3-1-11(2-4-12)10-23-8-7-13(9-15(23)19)20-16-6-5-14(18)21-22-16/h1-6,13,15H,7-10H2,(H,20,22). The summed E-state index contributed by atoms with van der Waals surface area (Å²) in [5, 5.41) is 12.6. The molecule has 2 heterocycles. The molecule has 0 spiro atoms. The Morgan fingerprint density at radius 3 is 2.57 bits per heavy atom. The third kappa shape index (κ3) is 4.92. The van der Waals surface area contributed by atoms with E-state index in [9.17, 15) is 0 Å². The van der Waals surface area contributed by atoms with E-state index in [4.69, 9.17) is 23.2 Å². The Morgan fingerprint density at radius 1 is 1.13 bits per heavy atom. The molecule has 2 atom stereocenters. The number of hydrogen-bond donors (Lipinski definition) is 1. The van der Waals surface area contributed by atoms with E-state index in [1.54, 1.807) is 6.07 Å². The summed E-state index contributed by atoms with van der Waals surface area (Å²) >= 11 is 14.2. The predicted molar refractivity (Wildman–Crippen MR) is 103 cm³/mol. The first-order valence-electron chi connectivity index (χ1n) is 7.48. The average molecular weight is 463 g/mol. The van der Waals surface area contributed by atoms with Crippen LogP contribution >= 0.6 is 45.8 Å². The largest absolute Gasteiger partial charge is 0.366 e. The first-order valence-corrected chi connectivity index (χ1v) is 9.48. The number of alkyl halides is 1. The van der Waals surface area contributed by atoms with Gasteiger partial charge in [0.05, 0.1) is 4.05 Å². The van der Waals surface area contributed by atoms with Crippen molar-refractivity contribution in [3.8, 4) is 0 Å². The number of hydrogen-bond acceptors (Lipinski definition) is 4. The molecule has 0 radical (unpaired) electrons. The van der Waals surface area contributed by atoms with Crippen molar-refractivity contribution in [2.24, 2.45) is 0 Å². The molecule has 1 fully saturated rings. The number of rotatable bonds is 4. The Labute approximate surface area is 159 Å². The van der Waals surface area contributed by atoms with Gasteiger partial charge < -0.3 is 5.32 Å².